The summed E-state index contributed by atoms with van der Waals surface area (Å²) in [5.41, 5.74) is 0.528. The van der Waals surface area contributed by atoms with E-state index in [1.54, 1.807) is 36.5 Å². The van der Waals surface area contributed by atoms with Gasteiger partial charge in [0.05, 0.1) is 12.2 Å². The summed E-state index contributed by atoms with van der Waals surface area (Å²) >= 11 is 5.83. The molecule has 0 spiro atoms. The van der Waals surface area contributed by atoms with Crippen molar-refractivity contribution in [2.24, 2.45) is 0 Å². The fourth-order valence-corrected chi connectivity index (χ4v) is 2.47. The first-order valence-corrected chi connectivity index (χ1v) is 8.47. The Labute approximate surface area is 146 Å². The fraction of sp³-hybridized carbons (Fsp3) is 0.389. The second-order valence-electron chi connectivity index (χ2n) is 5.99. The molecule has 1 aliphatic carbocycles. The molecule has 2 aromatic rings. The zero-order chi connectivity index (χ0) is 16.9. The molecule has 0 aliphatic heterocycles. The molecule has 0 atom stereocenters. The Kier molecular flexibility index (Phi) is 5.30. The van der Waals surface area contributed by atoms with Crippen LogP contribution < -0.4 is 4.74 Å². The van der Waals surface area contributed by atoms with Crippen molar-refractivity contribution in [2.45, 2.75) is 25.2 Å². The summed E-state index contributed by atoms with van der Waals surface area (Å²) in [5, 5.41) is 0.683. The minimum atomic E-state index is -0.0659. The molecule has 0 unspecified atom stereocenters. The number of hydrogen-bond acceptors (Lipinski definition) is 4. The number of aromatic nitrogens is 2. The van der Waals surface area contributed by atoms with Crippen molar-refractivity contribution in [2.75, 3.05) is 20.2 Å². The first-order chi connectivity index (χ1) is 11.6. The molecule has 6 heteroatoms. The number of rotatable bonds is 7. The molecule has 1 heterocycles. The van der Waals surface area contributed by atoms with Gasteiger partial charge in [0.2, 0.25) is 0 Å². The first-order valence-electron chi connectivity index (χ1n) is 8.09. The molecular formula is C18H20ClN3O2. The van der Waals surface area contributed by atoms with Crippen LogP contribution in [0.25, 0.3) is 0 Å². The van der Waals surface area contributed by atoms with Gasteiger partial charge in [-0.1, -0.05) is 11.6 Å². The van der Waals surface area contributed by atoms with Gasteiger partial charge < -0.3 is 9.64 Å². The molecule has 1 aliphatic rings. The number of benzene rings is 1. The Balaban J connectivity index is 1.42. The van der Waals surface area contributed by atoms with Crippen LogP contribution in [-0.2, 0) is 0 Å². The maximum Gasteiger partial charge on any atom is 0.256 e. The second-order valence-corrected chi connectivity index (χ2v) is 6.42. The largest absolute Gasteiger partial charge is 0.494 e. The van der Waals surface area contributed by atoms with Crippen molar-refractivity contribution in [1.29, 1.82) is 0 Å². The lowest BCUT2D eigenvalue weighted by Crippen LogP contribution is -2.29. The quantitative estimate of drug-likeness (QED) is 0.720. The van der Waals surface area contributed by atoms with Gasteiger partial charge in [0.1, 0.15) is 11.6 Å². The lowest BCUT2D eigenvalue weighted by Gasteiger charge is -2.17. The fourth-order valence-electron chi connectivity index (χ4n) is 2.35. The highest BCUT2D eigenvalue weighted by atomic mass is 35.5. The Hall–Kier alpha value is -2.14. The normalized spacial score (nSPS) is 13.6. The van der Waals surface area contributed by atoms with Gasteiger partial charge in [-0.15, -0.1) is 0 Å². The minimum Gasteiger partial charge on any atom is -0.494 e. The summed E-state index contributed by atoms with van der Waals surface area (Å²) in [5.74, 6) is 2.06. The highest BCUT2D eigenvalue weighted by Gasteiger charge is 2.26. The van der Waals surface area contributed by atoms with E-state index >= 15 is 0 Å². The number of ether oxygens (including phenoxy) is 1. The summed E-state index contributed by atoms with van der Waals surface area (Å²) in [4.78, 5) is 22.6. The van der Waals surface area contributed by atoms with E-state index in [4.69, 9.17) is 16.3 Å². The van der Waals surface area contributed by atoms with Crippen LogP contribution in [0, 0.1) is 0 Å². The standard InChI is InChI=1S/C18H20ClN3O2/c1-22(9-2-10-24-16-7-5-15(19)6-8-16)18(23)14-11-20-17(21-12-14)13-3-4-13/h5-8,11-13H,2-4,9-10H2,1H3. The lowest BCUT2D eigenvalue weighted by atomic mass is 10.2. The van der Waals surface area contributed by atoms with E-state index in [2.05, 4.69) is 9.97 Å². The molecule has 1 aromatic carbocycles. The van der Waals surface area contributed by atoms with Crippen LogP contribution in [-0.4, -0.2) is 41.0 Å². The van der Waals surface area contributed by atoms with E-state index < -0.39 is 0 Å². The van der Waals surface area contributed by atoms with Crippen molar-refractivity contribution in [3.63, 3.8) is 0 Å². The van der Waals surface area contributed by atoms with E-state index in [-0.39, 0.29) is 5.91 Å². The van der Waals surface area contributed by atoms with Crippen LogP contribution in [0.3, 0.4) is 0 Å². The Morgan fingerprint density at radius 1 is 1.25 bits per heavy atom. The topological polar surface area (TPSA) is 55.3 Å². The highest BCUT2D eigenvalue weighted by Crippen LogP contribution is 2.37. The Morgan fingerprint density at radius 3 is 2.54 bits per heavy atom. The van der Waals surface area contributed by atoms with E-state index in [1.807, 2.05) is 12.1 Å². The van der Waals surface area contributed by atoms with Gasteiger partial charge in [0.25, 0.3) is 5.91 Å². The number of hydrogen-bond donors (Lipinski definition) is 0. The Morgan fingerprint density at radius 2 is 1.92 bits per heavy atom. The maximum atomic E-state index is 12.3. The predicted molar refractivity (Wildman–Crippen MR) is 92.5 cm³/mol. The van der Waals surface area contributed by atoms with Gasteiger partial charge in [-0.3, -0.25) is 4.79 Å². The van der Waals surface area contributed by atoms with Crippen LogP contribution in [0.5, 0.6) is 5.75 Å². The summed E-state index contributed by atoms with van der Waals surface area (Å²) < 4.78 is 5.62. The summed E-state index contributed by atoms with van der Waals surface area (Å²) in [6, 6.07) is 7.24. The first kappa shape index (κ1) is 16.7. The van der Waals surface area contributed by atoms with Crippen molar-refractivity contribution in [3.05, 3.63) is 53.1 Å². The maximum absolute atomic E-state index is 12.3. The third-order valence-corrected chi connectivity index (χ3v) is 4.18. The third-order valence-electron chi connectivity index (χ3n) is 3.93. The molecular weight excluding hydrogens is 326 g/mol. The van der Waals surface area contributed by atoms with Gasteiger partial charge in [0.15, 0.2) is 0 Å². The average molecular weight is 346 g/mol. The van der Waals surface area contributed by atoms with E-state index in [0.29, 0.717) is 29.7 Å². The number of halogens is 1. The van der Waals surface area contributed by atoms with Crippen molar-refractivity contribution < 1.29 is 9.53 Å². The molecule has 1 amide bonds. The van der Waals surface area contributed by atoms with Gasteiger partial charge in [0, 0.05) is 36.9 Å². The van der Waals surface area contributed by atoms with Gasteiger partial charge in [-0.05, 0) is 43.5 Å². The summed E-state index contributed by atoms with van der Waals surface area (Å²) in [7, 11) is 1.78. The van der Waals surface area contributed by atoms with Gasteiger partial charge >= 0.3 is 0 Å². The smallest absolute Gasteiger partial charge is 0.256 e. The minimum absolute atomic E-state index is 0.0659. The summed E-state index contributed by atoms with van der Waals surface area (Å²) in [6.07, 6.45) is 6.31. The molecule has 0 bridgehead atoms. The predicted octanol–water partition coefficient (Wildman–Crippen LogP) is 3.55. The number of amides is 1. The molecule has 3 rings (SSSR count). The van der Waals surface area contributed by atoms with Crippen LogP contribution in [0.4, 0.5) is 0 Å². The average Bonchev–Trinajstić information content (AvgIpc) is 3.45. The number of carbonyl (C=O) groups is 1. The second kappa shape index (κ2) is 7.62. The SMILES string of the molecule is CN(CCCOc1ccc(Cl)cc1)C(=O)c1cnc(C2CC2)nc1. The monoisotopic (exact) mass is 345 g/mol. The van der Waals surface area contributed by atoms with E-state index in [0.717, 1.165) is 30.8 Å². The lowest BCUT2D eigenvalue weighted by molar-refractivity contribution is 0.0787. The van der Waals surface area contributed by atoms with E-state index in [1.165, 1.54) is 0 Å². The summed E-state index contributed by atoms with van der Waals surface area (Å²) in [6.45, 7) is 1.15. The zero-order valence-electron chi connectivity index (χ0n) is 13.6. The highest BCUT2D eigenvalue weighted by molar-refractivity contribution is 6.30. The Bertz CT molecular complexity index is 684. The zero-order valence-corrected chi connectivity index (χ0v) is 14.4. The molecule has 1 saturated carbocycles. The van der Waals surface area contributed by atoms with Crippen LogP contribution in [0.15, 0.2) is 36.7 Å². The molecule has 126 valence electrons. The third kappa shape index (κ3) is 4.45. The molecule has 0 radical (unpaired) electrons. The van der Waals surface area contributed by atoms with Gasteiger partial charge in [-0.2, -0.15) is 0 Å². The van der Waals surface area contributed by atoms with Crippen LogP contribution in [0.1, 0.15) is 41.4 Å². The van der Waals surface area contributed by atoms with E-state index in [9.17, 15) is 4.79 Å². The molecule has 5 nitrogen and oxygen atoms in total. The van der Waals surface area contributed by atoms with Crippen molar-refractivity contribution in [1.82, 2.24) is 14.9 Å². The molecule has 1 aromatic heterocycles. The van der Waals surface area contributed by atoms with Crippen molar-refractivity contribution in [3.8, 4) is 5.75 Å². The molecule has 0 saturated heterocycles. The molecule has 24 heavy (non-hydrogen) atoms. The van der Waals surface area contributed by atoms with Crippen LogP contribution in [0.2, 0.25) is 5.02 Å². The van der Waals surface area contributed by atoms with Gasteiger partial charge in [-0.25, -0.2) is 9.97 Å². The number of nitrogens with zero attached hydrogens (tertiary/aromatic N) is 3. The molecule has 1 fully saturated rings. The number of carbonyl (C=O) groups excluding carboxylic acids is 1. The van der Waals surface area contributed by atoms with Crippen molar-refractivity contribution >= 4 is 17.5 Å². The van der Waals surface area contributed by atoms with Crippen LogP contribution >= 0.6 is 11.6 Å². The molecule has 0 N–H and O–H groups in total.